The normalized spacial score (nSPS) is 15.5. The van der Waals surface area contributed by atoms with E-state index in [0.29, 0.717) is 5.02 Å². The summed E-state index contributed by atoms with van der Waals surface area (Å²) in [5.74, 6) is -0.285. The Balaban J connectivity index is 1.62. The van der Waals surface area contributed by atoms with Crippen LogP contribution in [0.5, 0.6) is 0 Å². The molecule has 1 aliphatic rings. The van der Waals surface area contributed by atoms with Crippen LogP contribution in [0.1, 0.15) is 37.4 Å². The summed E-state index contributed by atoms with van der Waals surface area (Å²) in [6.45, 7) is 1.73. The van der Waals surface area contributed by atoms with Crippen LogP contribution in [0.25, 0.3) is 0 Å². The van der Waals surface area contributed by atoms with Crippen molar-refractivity contribution in [3.63, 3.8) is 0 Å². The minimum absolute atomic E-state index is 0.135. The fourth-order valence-electron chi connectivity index (χ4n) is 2.19. The summed E-state index contributed by atoms with van der Waals surface area (Å²) in [5.41, 5.74) is 0.600. The molecule has 0 bridgehead atoms. The Bertz CT molecular complexity index is 732. The maximum absolute atomic E-state index is 12.0. The largest absolute Gasteiger partial charge is 0.364 e. The van der Waals surface area contributed by atoms with E-state index < -0.39 is 0 Å². The second kappa shape index (κ2) is 5.92. The smallest absolute Gasteiger partial charge is 0.348 e. The lowest BCUT2D eigenvalue weighted by atomic mass is 10.1. The number of aromatic nitrogens is 4. The highest BCUT2D eigenvalue weighted by Crippen LogP contribution is 2.32. The Hall–Kier alpha value is -2.15. The molecule has 1 saturated carbocycles. The number of hydrogen-bond donors (Lipinski definition) is 1. The van der Waals surface area contributed by atoms with Gasteiger partial charge in [0.1, 0.15) is 6.54 Å². The second-order valence-corrected chi connectivity index (χ2v) is 5.87. The maximum atomic E-state index is 12.0. The Morgan fingerprint density at radius 2 is 2.05 bits per heavy atom. The highest BCUT2D eigenvalue weighted by molar-refractivity contribution is 6.30. The Kier molecular flexibility index (Phi) is 3.98. The van der Waals surface area contributed by atoms with Crippen LogP contribution in [0, 0.1) is 0 Å². The van der Waals surface area contributed by atoms with E-state index in [4.69, 9.17) is 11.6 Å². The fraction of sp³-hybridized carbons (Fsp3) is 0.429. The van der Waals surface area contributed by atoms with E-state index in [1.807, 2.05) is 19.1 Å². The molecular weight excluding hydrogens is 306 g/mol. The third-order valence-corrected chi connectivity index (χ3v) is 3.85. The standard InChI is InChI=1S/C14H16ClN5O2/c1-9(10-2-4-11(15)5-3-10)16-13(21)8-19-14(22)20(18-17-19)12-6-7-12/h2-5,9,12H,6-8H2,1H3,(H,16,21)/t9-/m0/s1. The second-order valence-electron chi connectivity index (χ2n) is 5.44. The van der Waals surface area contributed by atoms with E-state index in [1.165, 1.54) is 4.68 Å². The summed E-state index contributed by atoms with van der Waals surface area (Å²) in [5, 5.41) is 11.0. The van der Waals surface area contributed by atoms with E-state index >= 15 is 0 Å². The number of amides is 1. The van der Waals surface area contributed by atoms with Crippen molar-refractivity contribution in [2.24, 2.45) is 0 Å². The molecule has 1 fully saturated rings. The molecule has 1 heterocycles. The topological polar surface area (TPSA) is 81.8 Å². The highest BCUT2D eigenvalue weighted by Gasteiger charge is 2.28. The maximum Gasteiger partial charge on any atom is 0.364 e. The lowest BCUT2D eigenvalue weighted by molar-refractivity contribution is -0.122. The number of benzene rings is 1. The first kappa shape index (κ1) is 14.8. The minimum atomic E-state index is -0.336. The number of nitrogens with zero attached hydrogens (tertiary/aromatic N) is 4. The van der Waals surface area contributed by atoms with Gasteiger partial charge in [-0.05, 0) is 47.9 Å². The monoisotopic (exact) mass is 321 g/mol. The van der Waals surface area contributed by atoms with Crippen LogP contribution < -0.4 is 11.0 Å². The van der Waals surface area contributed by atoms with Crippen LogP contribution in [0.15, 0.2) is 29.1 Å². The average molecular weight is 322 g/mol. The van der Waals surface area contributed by atoms with Crippen LogP contribution in [-0.2, 0) is 11.3 Å². The van der Waals surface area contributed by atoms with E-state index in [-0.39, 0.29) is 30.2 Å². The molecule has 1 aliphatic carbocycles. The van der Waals surface area contributed by atoms with Gasteiger partial charge in [0.05, 0.1) is 12.1 Å². The van der Waals surface area contributed by atoms with Crippen LogP contribution in [0.4, 0.5) is 0 Å². The van der Waals surface area contributed by atoms with Crippen LogP contribution >= 0.6 is 11.6 Å². The third-order valence-electron chi connectivity index (χ3n) is 3.59. The summed E-state index contributed by atoms with van der Waals surface area (Å²) in [4.78, 5) is 24.0. The van der Waals surface area contributed by atoms with E-state index in [2.05, 4.69) is 15.7 Å². The van der Waals surface area contributed by atoms with Crippen LogP contribution in [-0.4, -0.2) is 25.7 Å². The summed E-state index contributed by atoms with van der Waals surface area (Å²) in [6.07, 6.45) is 1.89. The van der Waals surface area contributed by atoms with Crippen molar-refractivity contribution in [2.75, 3.05) is 0 Å². The van der Waals surface area contributed by atoms with Gasteiger partial charge in [-0.3, -0.25) is 4.79 Å². The van der Waals surface area contributed by atoms with Gasteiger partial charge >= 0.3 is 5.69 Å². The molecule has 0 saturated heterocycles. The number of halogens is 1. The average Bonchev–Trinajstić information content (AvgIpc) is 3.26. The van der Waals surface area contributed by atoms with Gasteiger partial charge in [-0.1, -0.05) is 23.7 Å². The molecule has 0 radical (unpaired) electrons. The predicted molar refractivity (Wildman–Crippen MR) is 80.6 cm³/mol. The van der Waals surface area contributed by atoms with Crippen LogP contribution in [0.3, 0.4) is 0 Å². The van der Waals surface area contributed by atoms with Gasteiger partial charge in [-0.25, -0.2) is 4.79 Å². The van der Waals surface area contributed by atoms with Crippen molar-refractivity contribution in [1.29, 1.82) is 0 Å². The van der Waals surface area contributed by atoms with Gasteiger partial charge in [0.15, 0.2) is 0 Å². The summed E-state index contributed by atoms with van der Waals surface area (Å²) >= 11 is 5.84. The van der Waals surface area contributed by atoms with Crippen molar-refractivity contribution in [3.8, 4) is 0 Å². The van der Waals surface area contributed by atoms with E-state index in [9.17, 15) is 9.59 Å². The molecule has 1 N–H and O–H groups in total. The number of hydrogen-bond acceptors (Lipinski definition) is 4. The number of carbonyl (C=O) groups is 1. The zero-order valence-corrected chi connectivity index (χ0v) is 12.8. The van der Waals surface area contributed by atoms with Crippen molar-refractivity contribution in [2.45, 2.75) is 38.4 Å². The first-order valence-electron chi connectivity index (χ1n) is 7.11. The first-order valence-corrected chi connectivity index (χ1v) is 7.49. The summed E-state index contributed by atoms with van der Waals surface area (Å²) in [6, 6.07) is 7.21. The van der Waals surface area contributed by atoms with Crippen molar-refractivity contribution < 1.29 is 4.79 Å². The highest BCUT2D eigenvalue weighted by atomic mass is 35.5. The summed E-state index contributed by atoms with van der Waals surface area (Å²) in [7, 11) is 0. The Morgan fingerprint density at radius 3 is 2.68 bits per heavy atom. The SMILES string of the molecule is C[C@H](NC(=O)Cn1nnn(C2CC2)c1=O)c1ccc(Cl)cc1. The molecule has 1 aromatic heterocycles. The van der Waals surface area contributed by atoms with Crippen molar-refractivity contribution >= 4 is 17.5 Å². The minimum Gasteiger partial charge on any atom is -0.348 e. The molecule has 1 aromatic carbocycles. The van der Waals surface area contributed by atoms with Gasteiger partial charge in [0.25, 0.3) is 0 Å². The van der Waals surface area contributed by atoms with Gasteiger partial charge in [-0.2, -0.15) is 9.36 Å². The number of nitrogens with one attached hydrogen (secondary N) is 1. The molecule has 7 nitrogen and oxygen atoms in total. The molecule has 1 atom stereocenters. The lowest BCUT2D eigenvalue weighted by Gasteiger charge is -2.14. The first-order chi connectivity index (χ1) is 10.5. The molecule has 0 unspecified atom stereocenters. The molecule has 22 heavy (non-hydrogen) atoms. The quantitative estimate of drug-likeness (QED) is 0.900. The van der Waals surface area contributed by atoms with Gasteiger partial charge in [0, 0.05) is 5.02 Å². The molecule has 116 valence electrons. The molecule has 1 amide bonds. The van der Waals surface area contributed by atoms with Gasteiger partial charge in [0.2, 0.25) is 5.91 Å². The Labute approximate surface area is 131 Å². The molecule has 3 rings (SSSR count). The molecular formula is C14H16ClN5O2. The van der Waals surface area contributed by atoms with Crippen LogP contribution in [0.2, 0.25) is 5.02 Å². The van der Waals surface area contributed by atoms with E-state index in [1.54, 1.807) is 12.1 Å². The summed E-state index contributed by atoms with van der Waals surface area (Å²) < 4.78 is 2.43. The Morgan fingerprint density at radius 1 is 1.36 bits per heavy atom. The lowest BCUT2D eigenvalue weighted by Crippen LogP contribution is -2.34. The van der Waals surface area contributed by atoms with Gasteiger partial charge in [-0.15, -0.1) is 0 Å². The van der Waals surface area contributed by atoms with Crippen molar-refractivity contribution in [1.82, 2.24) is 25.1 Å². The number of rotatable bonds is 5. The van der Waals surface area contributed by atoms with Crippen molar-refractivity contribution in [3.05, 3.63) is 45.3 Å². The van der Waals surface area contributed by atoms with E-state index in [0.717, 1.165) is 23.1 Å². The zero-order valence-electron chi connectivity index (χ0n) is 12.1. The number of tetrazole rings is 1. The third kappa shape index (κ3) is 3.19. The van der Waals surface area contributed by atoms with Gasteiger partial charge < -0.3 is 5.32 Å². The molecule has 0 spiro atoms. The predicted octanol–water partition coefficient (Wildman–Crippen LogP) is 1.31. The molecule has 0 aliphatic heterocycles. The fourth-order valence-corrected chi connectivity index (χ4v) is 2.32. The number of carbonyl (C=O) groups excluding carboxylic acids is 1. The zero-order chi connectivity index (χ0) is 15.7. The molecule has 8 heteroatoms. The molecule has 2 aromatic rings.